The van der Waals surface area contributed by atoms with Gasteiger partial charge in [-0.1, -0.05) is 0 Å². The predicted octanol–water partition coefficient (Wildman–Crippen LogP) is 1.67. The summed E-state index contributed by atoms with van der Waals surface area (Å²) in [6.07, 6.45) is 4.55. The summed E-state index contributed by atoms with van der Waals surface area (Å²) in [5, 5.41) is 0. The van der Waals surface area contributed by atoms with Crippen molar-refractivity contribution in [2.75, 3.05) is 0 Å². The molecule has 1 unspecified atom stereocenters. The van der Waals surface area contributed by atoms with Crippen LogP contribution in [-0.2, 0) is 10.9 Å². The van der Waals surface area contributed by atoms with Crippen LogP contribution in [0.15, 0.2) is 0 Å². The molecule has 20 heavy (non-hydrogen) atoms. The number of rotatable bonds is 5. The van der Waals surface area contributed by atoms with Crippen molar-refractivity contribution in [3.05, 3.63) is 0 Å². The SMILES string of the molecule is CCC(C)(I)C(=O)O[I-]OC1C(C)(C)CCCC1(C)C. The van der Waals surface area contributed by atoms with E-state index in [1.54, 1.807) is 0 Å². The zero-order valence-electron chi connectivity index (χ0n) is 13.4. The van der Waals surface area contributed by atoms with Crippen molar-refractivity contribution in [3.63, 3.8) is 0 Å². The summed E-state index contributed by atoms with van der Waals surface area (Å²) in [6.45, 7) is 13.0. The Balaban J connectivity index is 2.57. The van der Waals surface area contributed by atoms with Crippen molar-refractivity contribution in [3.8, 4) is 0 Å². The molecule has 1 aliphatic carbocycles. The standard InChI is InChI=1S/C15H27I2O3/c1-7-15(6,16)12(18)20-17-19-11-13(2,3)9-8-10-14(11,4)5/h11H,7-10H2,1-6H3/q-1. The molecule has 0 spiro atoms. The van der Waals surface area contributed by atoms with Crippen LogP contribution in [0.25, 0.3) is 0 Å². The van der Waals surface area contributed by atoms with E-state index in [0.29, 0.717) is 0 Å². The van der Waals surface area contributed by atoms with E-state index in [0.717, 1.165) is 6.42 Å². The number of halogens is 2. The summed E-state index contributed by atoms with van der Waals surface area (Å²) < 4.78 is 11.1. The van der Waals surface area contributed by atoms with Gasteiger partial charge < -0.3 is 0 Å². The summed E-state index contributed by atoms with van der Waals surface area (Å²) in [6, 6.07) is 0. The molecule has 1 fully saturated rings. The summed E-state index contributed by atoms with van der Waals surface area (Å²) in [4.78, 5) is 12.0. The van der Waals surface area contributed by atoms with Crippen LogP contribution < -0.4 is 22.0 Å². The Morgan fingerprint density at radius 1 is 1.30 bits per heavy atom. The van der Waals surface area contributed by atoms with Crippen LogP contribution in [0.2, 0.25) is 0 Å². The first-order valence-electron chi connectivity index (χ1n) is 7.24. The second-order valence-corrected chi connectivity index (χ2v) is 11.0. The Morgan fingerprint density at radius 2 is 1.80 bits per heavy atom. The number of hydrogen-bond donors (Lipinski definition) is 0. The van der Waals surface area contributed by atoms with Crippen molar-refractivity contribution in [1.29, 1.82) is 0 Å². The molecule has 3 nitrogen and oxygen atoms in total. The fourth-order valence-corrected chi connectivity index (χ4v) is 5.74. The Labute approximate surface area is 148 Å². The number of carbonyl (C=O) groups excluding carboxylic acids is 1. The average molecular weight is 509 g/mol. The van der Waals surface area contributed by atoms with E-state index in [1.165, 1.54) is 19.3 Å². The summed E-state index contributed by atoms with van der Waals surface area (Å²) >= 11 is 1.17. The molecule has 0 aromatic carbocycles. The van der Waals surface area contributed by atoms with Gasteiger partial charge in [-0.05, 0) is 0 Å². The van der Waals surface area contributed by atoms with E-state index in [2.05, 4.69) is 50.3 Å². The molecule has 0 radical (unpaired) electrons. The number of hydrogen-bond acceptors (Lipinski definition) is 3. The van der Waals surface area contributed by atoms with E-state index in [-0.39, 0.29) is 22.9 Å². The quantitative estimate of drug-likeness (QED) is 0.418. The van der Waals surface area contributed by atoms with Gasteiger partial charge in [0.15, 0.2) is 0 Å². The van der Waals surface area contributed by atoms with E-state index in [1.807, 2.05) is 13.8 Å². The predicted molar refractivity (Wildman–Crippen MR) is 85.1 cm³/mol. The van der Waals surface area contributed by atoms with Gasteiger partial charge in [0.25, 0.3) is 0 Å². The van der Waals surface area contributed by atoms with E-state index >= 15 is 0 Å². The second kappa shape index (κ2) is 6.98. The molecule has 1 atom stereocenters. The maximum absolute atomic E-state index is 12.0. The third kappa shape index (κ3) is 4.69. The second-order valence-electron chi connectivity index (χ2n) is 7.28. The van der Waals surface area contributed by atoms with Gasteiger partial charge in [0.05, 0.1) is 0 Å². The average Bonchev–Trinajstić information content (AvgIpc) is 2.31. The molecule has 120 valence electrons. The first-order valence-corrected chi connectivity index (χ1v) is 10.1. The Bertz CT molecular complexity index is 335. The van der Waals surface area contributed by atoms with Gasteiger partial charge in [-0.2, -0.15) is 0 Å². The van der Waals surface area contributed by atoms with Crippen LogP contribution in [0.5, 0.6) is 0 Å². The van der Waals surface area contributed by atoms with Crippen molar-refractivity contribution in [1.82, 2.24) is 0 Å². The molecular formula is C15H27I2O3-. The molecule has 1 rings (SSSR count). The molecule has 5 heteroatoms. The first-order chi connectivity index (χ1) is 9.03. The van der Waals surface area contributed by atoms with Crippen LogP contribution in [0.1, 0.15) is 67.2 Å². The summed E-state index contributed by atoms with van der Waals surface area (Å²) in [5.41, 5.74) is 0.318. The molecule has 0 aromatic heterocycles. The number of alkyl halides is 1. The topological polar surface area (TPSA) is 35.5 Å². The normalized spacial score (nSPS) is 25.1. The molecular weight excluding hydrogens is 482 g/mol. The van der Waals surface area contributed by atoms with Crippen molar-refractivity contribution in [2.45, 2.75) is 76.8 Å². The van der Waals surface area contributed by atoms with Gasteiger partial charge >= 0.3 is 149 Å². The fourth-order valence-electron chi connectivity index (χ4n) is 2.87. The van der Waals surface area contributed by atoms with Crippen LogP contribution in [0.3, 0.4) is 0 Å². The van der Waals surface area contributed by atoms with Crippen LogP contribution in [0.4, 0.5) is 0 Å². The van der Waals surface area contributed by atoms with Crippen LogP contribution >= 0.6 is 22.6 Å². The molecule has 0 N–H and O–H groups in total. The zero-order chi connectivity index (χ0) is 15.6. The van der Waals surface area contributed by atoms with Gasteiger partial charge in [-0.3, -0.25) is 0 Å². The van der Waals surface area contributed by atoms with Gasteiger partial charge in [0.2, 0.25) is 0 Å². The summed E-state index contributed by atoms with van der Waals surface area (Å²) in [7, 11) is 0. The zero-order valence-corrected chi connectivity index (χ0v) is 17.7. The van der Waals surface area contributed by atoms with E-state index in [9.17, 15) is 4.79 Å². The Kier molecular flexibility index (Phi) is 6.61. The van der Waals surface area contributed by atoms with Crippen molar-refractivity contribution >= 4 is 28.6 Å². The summed E-state index contributed by atoms with van der Waals surface area (Å²) in [5.74, 6) is -0.139. The molecule has 0 amide bonds. The molecule has 1 aliphatic rings. The van der Waals surface area contributed by atoms with Crippen LogP contribution in [-0.4, -0.2) is 15.5 Å². The molecule has 0 saturated heterocycles. The van der Waals surface area contributed by atoms with Gasteiger partial charge in [-0.15, -0.1) is 0 Å². The Morgan fingerprint density at radius 3 is 2.25 bits per heavy atom. The third-order valence-corrected chi connectivity index (χ3v) is 6.88. The van der Waals surface area contributed by atoms with Crippen molar-refractivity contribution < 1.29 is 33.0 Å². The monoisotopic (exact) mass is 509 g/mol. The molecule has 0 heterocycles. The fraction of sp³-hybridized carbons (Fsp3) is 0.933. The molecule has 0 aliphatic heterocycles. The van der Waals surface area contributed by atoms with Crippen LogP contribution in [0, 0.1) is 10.8 Å². The third-order valence-electron chi connectivity index (χ3n) is 4.38. The van der Waals surface area contributed by atoms with Crippen molar-refractivity contribution in [2.24, 2.45) is 10.8 Å². The van der Waals surface area contributed by atoms with Gasteiger partial charge in [0.1, 0.15) is 0 Å². The molecule has 0 aromatic rings. The molecule has 1 saturated carbocycles. The van der Waals surface area contributed by atoms with E-state index < -0.39 is 25.5 Å². The first kappa shape index (κ1) is 18.9. The minimum atomic E-state index is -0.986. The minimum absolute atomic E-state index is 0.139. The molecule has 0 bridgehead atoms. The Hall–Kier alpha value is 0.890. The van der Waals surface area contributed by atoms with Gasteiger partial charge in [0, 0.05) is 0 Å². The van der Waals surface area contributed by atoms with Gasteiger partial charge in [-0.25, -0.2) is 0 Å². The van der Waals surface area contributed by atoms with E-state index in [4.69, 9.17) is 6.13 Å². The number of carbonyl (C=O) groups is 1. The maximum atomic E-state index is 12.0.